The number of hydrogen-bond donors (Lipinski definition) is 3. The molecular weight excluding hydrogens is 388 g/mol. The molecule has 0 aliphatic rings. The fourth-order valence-corrected chi connectivity index (χ4v) is 3.72. The molecule has 0 aromatic rings. The van der Waals surface area contributed by atoms with Gasteiger partial charge in [0.15, 0.2) is 5.60 Å². The van der Waals surface area contributed by atoms with E-state index in [-0.39, 0.29) is 12.0 Å². The minimum atomic E-state index is -2.66. The quantitative estimate of drug-likeness (QED) is 0.196. The molecular formula is C23H42O7. The summed E-state index contributed by atoms with van der Waals surface area (Å²) in [5.41, 5.74) is -2.66. The Labute approximate surface area is 181 Å². The first kappa shape index (κ1) is 28.4. The molecule has 0 aromatic heterocycles. The third-order valence-corrected chi connectivity index (χ3v) is 5.54. The molecule has 0 radical (unpaired) electrons. The van der Waals surface area contributed by atoms with E-state index < -0.39 is 36.4 Å². The molecule has 0 amide bonds. The van der Waals surface area contributed by atoms with E-state index >= 15 is 0 Å². The fraction of sp³-hybridized carbons (Fsp3) is 0.870. The number of rotatable bonds is 19. The number of esters is 1. The second kappa shape index (κ2) is 16.1. The molecule has 3 N–H and O–H groups in total. The molecule has 0 saturated carbocycles. The average molecular weight is 431 g/mol. The Balaban J connectivity index is 5.23. The van der Waals surface area contributed by atoms with Crippen molar-refractivity contribution in [3.05, 3.63) is 0 Å². The van der Waals surface area contributed by atoms with E-state index in [0.717, 1.165) is 64.2 Å². The minimum absolute atomic E-state index is 0.196. The summed E-state index contributed by atoms with van der Waals surface area (Å²) in [6, 6.07) is 0. The van der Waals surface area contributed by atoms with E-state index in [0.29, 0.717) is 6.42 Å². The summed E-state index contributed by atoms with van der Waals surface area (Å²) in [6.07, 6.45) is 9.93. The first-order valence-corrected chi connectivity index (χ1v) is 11.6. The Kier molecular flexibility index (Phi) is 15.2. The van der Waals surface area contributed by atoms with Gasteiger partial charge in [0.2, 0.25) is 0 Å². The molecule has 7 nitrogen and oxygen atoms in total. The fourth-order valence-electron chi connectivity index (χ4n) is 3.72. The molecule has 0 rings (SSSR count). The van der Waals surface area contributed by atoms with Gasteiger partial charge >= 0.3 is 17.9 Å². The van der Waals surface area contributed by atoms with Gasteiger partial charge in [0, 0.05) is 0 Å². The lowest BCUT2D eigenvalue weighted by Crippen LogP contribution is -2.44. The number of carbonyl (C=O) groups excluding carboxylic acids is 1. The number of unbranched alkanes of at least 4 members (excludes halogenated alkanes) is 6. The predicted octanol–water partition coefficient (Wildman–Crippen LogP) is 4.94. The number of carboxylic acid groups (broad SMARTS) is 2. The van der Waals surface area contributed by atoms with E-state index in [1.54, 1.807) is 0 Å². The standard InChI is InChI=1S/C23H42O7/c1-4-7-10-12-14-18(13-11-8-5-2)19(15-9-6-3)30-21(26)17-23(29,22(27)28)16-20(24)25/h18-19,29H,4-17H2,1-3H3,(H,24,25)(H,27,28). The molecule has 0 aliphatic heterocycles. The van der Waals surface area contributed by atoms with Gasteiger partial charge in [0.05, 0.1) is 12.8 Å². The van der Waals surface area contributed by atoms with Gasteiger partial charge < -0.3 is 20.1 Å². The van der Waals surface area contributed by atoms with Gasteiger partial charge in [-0.05, 0) is 25.2 Å². The van der Waals surface area contributed by atoms with E-state index in [9.17, 15) is 24.6 Å². The maximum absolute atomic E-state index is 12.5. The molecule has 176 valence electrons. The van der Waals surface area contributed by atoms with Gasteiger partial charge in [-0.2, -0.15) is 0 Å². The smallest absolute Gasteiger partial charge is 0.336 e. The maximum Gasteiger partial charge on any atom is 0.336 e. The largest absolute Gasteiger partial charge is 0.481 e. The SMILES string of the molecule is CCCCCCC(CCCCC)C(CCCC)OC(=O)CC(O)(CC(=O)O)C(=O)O. The maximum atomic E-state index is 12.5. The van der Waals surface area contributed by atoms with E-state index in [4.69, 9.17) is 9.84 Å². The van der Waals surface area contributed by atoms with Gasteiger partial charge in [-0.3, -0.25) is 9.59 Å². The average Bonchev–Trinajstić information content (AvgIpc) is 2.66. The van der Waals surface area contributed by atoms with Gasteiger partial charge in [-0.25, -0.2) is 4.79 Å². The Morgan fingerprint density at radius 2 is 1.30 bits per heavy atom. The van der Waals surface area contributed by atoms with Crippen LogP contribution in [0.2, 0.25) is 0 Å². The highest BCUT2D eigenvalue weighted by atomic mass is 16.5. The first-order chi connectivity index (χ1) is 14.2. The number of carboxylic acids is 2. The minimum Gasteiger partial charge on any atom is -0.481 e. The molecule has 0 saturated heterocycles. The zero-order valence-corrected chi connectivity index (χ0v) is 19.0. The van der Waals surface area contributed by atoms with Crippen molar-refractivity contribution in [2.45, 2.75) is 122 Å². The summed E-state index contributed by atoms with van der Waals surface area (Å²) in [5.74, 6) is -3.87. The molecule has 0 spiro atoms. The molecule has 3 unspecified atom stereocenters. The van der Waals surface area contributed by atoms with Gasteiger partial charge in [0.25, 0.3) is 0 Å². The Hall–Kier alpha value is -1.63. The second-order valence-corrected chi connectivity index (χ2v) is 8.36. The van der Waals surface area contributed by atoms with Crippen LogP contribution < -0.4 is 0 Å². The van der Waals surface area contributed by atoms with Crippen molar-refractivity contribution in [2.75, 3.05) is 0 Å². The summed E-state index contributed by atoms with van der Waals surface area (Å²) in [7, 11) is 0. The third kappa shape index (κ3) is 12.2. The van der Waals surface area contributed by atoms with Crippen molar-refractivity contribution in [3.63, 3.8) is 0 Å². The topological polar surface area (TPSA) is 121 Å². The van der Waals surface area contributed by atoms with Crippen LogP contribution in [0.15, 0.2) is 0 Å². The normalized spacial score (nSPS) is 15.2. The van der Waals surface area contributed by atoms with Crippen LogP contribution in [0.1, 0.15) is 111 Å². The second-order valence-electron chi connectivity index (χ2n) is 8.36. The van der Waals surface area contributed by atoms with Crippen LogP contribution in [0.5, 0.6) is 0 Å². The number of aliphatic carboxylic acids is 2. The van der Waals surface area contributed by atoms with Crippen molar-refractivity contribution >= 4 is 17.9 Å². The van der Waals surface area contributed by atoms with Gasteiger partial charge in [-0.15, -0.1) is 0 Å². The van der Waals surface area contributed by atoms with Crippen LogP contribution in [0, 0.1) is 5.92 Å². The lowest BCUT2D eigenvalue weighted by atomic mass is 9.87. The van der Waals surface area contributed by atoms with Crippen molar-refractivity contribution < 1.29 is 34.4 Å². The molecule has 0 aromatic carbocycles. The summed E-state index contributed by atoms with van der Waals surface area (Å²) >= 11 is 0. The number of aliphatic hydroxyl groups is 1. The number of carbonyl (C=O) groups is 3. The Morgan fingerprint density at radius 3 is 1.80 bits per heavy atom. The molecule has 0 fully saturated rings. The van der Waals surface area contributed by atoms with Crippen LogP contribution in [0.25, 0.3) is 0 Å². The molecule has 7 heteroatoms. The van der Waals surface area contributed by atoms with Crippen LogP contribution >= 0.6 is 0 Å². The van der Waals surface area contributed by atoms with Crippen molar-refractivity contribution in [1.82, 2.24) is 0 Å². The van der Waals surface area contributed by atoms with E-state index in [2.05, 4.69) is 20.8 Å². The molecule has 0 heterocycles. The van der Waals surface area contributed by atoms with Crippen LogP contribution in [-0.2, 0) is 19.1 Å². The van der Waals surface area contributed by atoms with Crippen molar-refractivity contribution in [3.8, 4) is 0 Å². The molecule has 0 aliphatic carbocycles. The van der Waals surface area contributed by atoms with Gasteiger partial charge in [0.1, 0.15) is 6.10 Å². The van der Waals surface area contributed by atoms with Crippen molar-refractivity contribution in [1.29, 1.82) is 0 Å². The Bertz CT molecular complexity index is 506. The monoisotopic (exact) mass is 430 g/mol. The van der Waals surface area contributed by atoms with Crippen molar-refractivity contribution in [2.24, 2.45) is 5.92 Å². The number of ether oxygens (including phenoxy) is 1. The predicted molar refractivity (Wildman–Crippen MR) is 115 cm³/mol. The Morgan fingerprint density at radius 1 is 0.767 bits per heavy atom. The molecule has 0 bridgehead atoms. The van der Waals surface area contributed by atoms with Gasteiger partial charge in [-0.1, -0.05) is 78.6 Å². The highest BCUT2D eigenvalue weighted by Gasteiger charge is 2.42. The zero-order valence-electron chi connectivity index (χ0n) is 19.0. The molecule has 3 atom stereocenters. The summed E-state index contributed by atoms with van der Waals surface area (Å²) < 4.78 is 5.67. The summed E-state index contributed by atoms with van der Waals surface area (Å²) in [5, 5.41) is 28.2. The number of hydrogen-bond acceptors (Lipinski definition) is 5. The lowest BCUT2D eigenvalue weighted by molar-refractivity contribution is -0.174. The summed E-state index contributed by atoms with van der Waals surface area (Å²) in [4.78, 5) is 34.7. The zero-order chi connectivity index (χ0) is 23.0. The van der Waals surface area contributed by atoms with E-state index in [1.807, 2.05) is 0 Å². The van der Waals surface area contributed by atoms with Crippen LogP contribution in [0.4, 0.5) is 0 Å². The van der Waals surface area contributed by atoms with E-state index in [1.165, 1.54) is 6.42 Å². The molecule has 30 heavy (non-hydrogen) atoms. The highest BCUT2D eigenvalue weighted by Crippen LogP contribution is 2.28. The summed E-state index contributed by atoms with van der Waals surface area (Å²) in [6.45, 7) is 6.35. The van der Waals surface area contributed by atoms with Crippen LogP contribution in [-0.4, -0.2) is 44.9 Å². The lowest BCUT2D eigenvalue weighted by Gasteiger charge is -2.29. The first-order valence-electron chi connectivity index (χ1n) is 11.6. The van der Waals surface area contributed by atoms with Crippen LogP contribution in [0.3, 0.4) is 0 Å². The third-order valence-electron chi connectivity index (χ3n) is 5.54. The highest BCUT2D eigenvalue weighted by molar-refractivity contribution is 5.88.